The fourth-order valence-corrected chi connectivity index (χ4v) is 4.73. The molecule has 0 saturated carbocycles. The van der Waals surface area contributed by atoms with Crippen LogP contribution >= 0.6 is 11.6 Å². The van der Waals surface area contributed by atoms with Crippen LogP contribution in [0.25, 0.3) is 11.4 Å². The molecular formula is C30H29ClN8O3. The molecule has 1 amide bonds. The molecule has 214 valence electrons. The summed E-state index contributed by atoms with van der Waals surface area (Å²) < 4.78 is 5.67. The quantitative estimate of drug-likeness (QED) is 0.246. The minimum Gasteiger partial charge on any atom is -0.446 e. The molecule has 0 saturated heterocycles. The normalized spacial score (nSPS) is 14.2. The van der Waals surface area contributed by atoms with E-state index in [9.17, 15) is 9.59 Å². The Kier molecular flexibility index (Phi) is 8.48. The average Bonchev–Trinajstić information content (AvgIpc) is 3.72. The molecule has 0 bridgehead atoms. The summed E-state index contributed by atoms with van der Waals surface area (Å²) in [6, 6.07) is 21.7. The van der Waals surface area contributed by atoms with E-state index in [-0.39, 0.29) is 12.0 Å². The predicted octanol–water partition coefficient (Wildman–Crippen LogP) is 5.16. The minimum absolute atomic E-state index is 0.142. The zero-order valence-corrected chi connectivity index (χ0v) is 24.0. The fraction of sp³-hybridized carbons (Fsp3) is 0.267. The van der Waals surface area contributed by atoms with E-state index in [1.54, 1.807) is 38.1 Å². The van der Waals surface area contributed by atoms with Gasteiger partial charge in [-0.3, -0.25) is 4.79 Å². The summed E-state index contributed by atoms with van der Waals surface area (Å²) in [5, 5.41) is 25.8. The monoisotopic (exact) mass is 584 g/mol. The number of azo groups is 1. The van der Waals surface area contributed by atoms with Crippen molar-refractivity contribution in [1.29, 1.82) is 0 Å². The molecule has 1 aliphatic rings. The first-order valence-electron chi connectivity index (χ1n) is 13.3. The number of nitrogens with zero attached hydrogens (tertiary/aromatic N) is 6. The third kappa shape index (κ3) is 6.74. The van der Waals surface area contributed by atoms with Gasteiger partial charge in [-0.05, 0) is 73.9 Å². The Balaban J connectivity index is 1.31. The van der Waals surface area contributed by atoms with Crippen LogP contribution in [0.2, 0.25) is 5.02 Å². The van der Waals surface area contributed by atoms with Gasteiger partial charge >= 0.3 is 5.97 Å². The van der Waals surface area contributed by atoms with Gasteiger partial charge in [0.15, 0.2) is 18.1 Å². The molecule has 12 heteroatoms. The van der Waals surface area contributed by atoms with Gasteiger partial charge < -0.3 is 10.1 Å². The van der Waals surface area contributed by atoms with E-state index in [4.69, 9.17) is 16.3 Å². The highest BCUT2D eigenvalue weighted by molar-refractivity contribution is 6.30. The number of amidine groups is 1. The molecule has 0 radical (unpaired) electrons. The topological polar surface area (TPSA) is 147 Å². The molecule has 2 heterocycles. The number of tetrazole rings is 1. The van der Waals surface area contributed by atoms with Crippen molar-refractivity contribution in [2.24, 2.45) is 15.2 Å². The number of hydrogen-bond donors (Lipinski definition) is 2. The fourth-order valence-electron chi connectivity index (χ4n) is 4.60. The number of benzene rings is 3. The number of halogens is 1. The predicted molar refractivity (Wildman–Crippen MR) is 157 cm³/mol. The molecule has 3 aromatic carbocycles. The summed E-state index contributed by atoms with van der Waals surface area (Å²) in [6.07, 6.45) is 0.617. The van der Waals surface area contributed by atoms with Gasteiger partial charge in [-0.1, -0.05) is 54.1 Å². The van der Waals surface area contributed by atoms with E-state index < -0.39 is 17.5 Å². The van der Waals surface area contributed by atoms with Crippen LogP contribution in [0.15, 0.2) is 88.0 Å². The standard InChI is InChI=1S/C30H29ClN8O3/c1-18(34-29(41)30(2,3)42-28(40)21-11-9-20(10-12-21)26-32-17-33-35-26)25(15-19-7-13-24(31)14-8-19)22-5-4-6-23(16-22)27-36-38-39-37-27/h4-14,16,18,25H,15,17H2,1-3H3,(H,34,41)(H,36,37,38,39)/t18-,25+/m0/s1. The van der Waals surface area contributed by atoms with Crippen molar-refractivity contribution in [3.63, 3.8) is 0 Å². The number of H-pyrrole nitrogens is 1. The van der Waals surface area contributed by atoms with Crippen molar-refractivity contribution in [3.8, 4) is 11.4 Å². The SMILES string of the molecule is C[C@H](NC(=O)C(C)(C)OC(=O)c1ccc(C2=NCN=N2)cc1)[C@@H](Cc1ccc(Cl)cc1)c1cccc(-c2nn[nH]n2)c1. The number of carbonyl (C=O) groups excluding carboxylic acids is 2. The van der Waals surface area contributed by atoms with Crippen molar-refractivity contribution in [1.82, 2.24) is 25.9 Å². The Morgan fingerprint density at radius 2 is 1.81 bits per heavy atom. The summed E-state index contributed by atoms with van der Waals surface area (Å²) in [4.78, 5) is 30.6. The van der Waals surface area contributed by atoms with Gasteiger partial charge in [-0.15, -0.1) is 15.3 Å². The molecular weight excluding hydrogens is 556 g/mol. The van der Waals surface area contributed by atoms with Gasteiger partial charge in [-0.2, -0.15) is 10.3 Å². The number of aliphatic imine (C=N–C) groups is 1. The van der Waals surface area contributed by atoms with Crippen LogP contribution in [0.1, 0.15) is 53.7 Å². The number of aromatic nitrogens is 4. The van der Waals surface area contributed by atoms with Gasteiger partial charge in [-0.25, -0.2) is 9.79 Å². The van der Waals surface area contributed by atoms with Crippen molar-refractivity contribution in [3.05, 3.63) is 100 Å². The second-order valence-corrected chi connectivity index (χ2v) is 10.8. The Bertz CT molecular complexity index is 1620. The number of nitrogens with one attached hydrogen (secondary N) is 2. The molecule has 2 N–H and O–H groups in total. The van der Waals surface area contributed by atoms with Gasteiger partial charge in [0.25, 0.3) is 5.91 Å². The summed E-state index contributed by atoms with van der Waals surface area (Å²) in [5.74, 6) is -0.192. The third-order valence-electron chi connectivity index (χ3n) is 6.97. The molecule has 42 heavy (non-hydrogen) atoms. The minimum atomic E-state index is -1.44. The van der Waals surface area contributed by atoms with Gasteiger partial charge in [0.05, 0.1) is 5.56 Å². The average molecular weight is 585 g/mol. The van der Waals surface area contributed by atoms with Gasteiger partial charge in [0.2, 0.25) is 5.82 Å². The van der Waals surface area contributed by atoms with Crippen LogP contribution in [0.3, 0.4) is 0 Å². The zero-order valence-electron chi connectivity index (χ0n) is 23.3. The van der Waals surface area contributed by atoms with E-state index in [2.05, 4.69) is 41.2 Å². The Labute approximate surface area is 247 Å². The number of ether oxygens (including phenoxy) is 1. The third-order valence-corrected chi connectivity index (χ3v) is 7.22. The van der Waals surface area contributed by atoms with Crippen LogP contribution in [0, 0.1) is 0 Å². The molecule has 5 rings (SSSR count). The first-order valence-corrected chi connectivity index (χ1v) is 13.7. The largest absolute Gasteiger partial charge is 0.446 e. The van der Waals surface area contributed by atoms with Crippen LogP contribution < -0.4 is 5.32 Å². The highest BCUT2D eigenvalue weighted by atomic mass is 35.5. The van der Waals surface area contributed by atoms with Crippen molar-refractivity contribution < 1.29 is 14.3 Å². The summed E-state index contributed by atoms with van der Waals surface area (Å²) in [6.45, 7) is 5.37. The van der Waals surface area contributed by atoms with E-state index in [0.717, 1.165) is 22.3 Å². The highest BCUT2D eigenvalue weighted by Crippen LogP contribution is 2.29. The van der Waals surface area contributed by atoms with Crippen molar-refractivity contribution >= 4 is 29.3 Å². The first kappa shape index (κ1) is 28.7. The summed E-state index contributed by atoms with van der Waals surface area (Å²) >= 11 is 6.11. The van der Waals surface area contributed by atoms with E-state index in [1.165, 1.54) is 0 Å². The number of hydrogen-bond acceptors (Lipinski definition) is 9. The molecule has 0 aliphatic carbocycles. The lowest BCUT2D eigenvalue weighted by atomic mass is 9.85. The first-order chi connectivity index (χ1) is 20.2. The van der Waals surface area contributed by atoms with Gasteiger partial charge in [0.1, 0.15) is 0 Å². The van der Waals surface area contributed by atoms with Crippen molar-refractivity contribution in [2.45, 2.75) is 44.8 Å². The van der Waals surface area contributed by atoms with E-state index in [1.807, 2.05) is 55.5 Å². The number of esters is 1. The zero-order chi connectivity index (χ0) is 29.7. The second-order valence-electron chi connectivity index (χ2n) is 10.4. The number of amides is 1. The maximum Gasteiger partial charge on any atom is 0.339 e. The van der Waals surface area contributed by atoms with Gasteiger partial charge in [0, 0.05) is 28.1 Å². The number of carbonyl (C=O) groups is 2. The molecule has 0 spiro atoms. The van der Waals surface area contributed by atoms with E-state index in [0.29, 0.717) is 35.3 Å². The van der Waals surface area contributed by atoms with Crippen LogP contribution in [0.4, 0.5) is 0 Å². The smallest absolute Gasteiger partial charge is 0.339 e. The molecule has 2 atom stereocenters. The number of aromatic amines is 1. The Morgan fingerprint density at radius 3 is 2.48 bits per heavy atom. The highest BCUT2D eigenvalue weighted by Gasteiger charge is 2.35. The molecule has 1 aliphatic heterocycles. The molecule has 0 unspecified atom stereocenters. The van der Waals surface area contributed by atoms with Crippen LogP contribution in [-0.4, -0.2) is 56.6 Å². The lowest BCUT2D eigenvalue weighted by Crippen LogP contribution is -2.50. The Morgan fingerprint density at radius 1 is 1.05 bits per heavy atom. The molecule has 4 aromatic rings. The number of rotatable bonds is 10. The molecule has 1 aromatic heterocycles. The lowest BCUT2D eigenvalue weighted by Gasteiger charge is -2.30. The molecule has 0 fully saturated rings. The maximum atomic E-state index is 13.5. The summed E-state index contributed by atoms with van der Waals surface area (Å²) in [5.41, 5.74) is 2.43. The van der Waals surface area contributed by atoms with E-state index >= 15 is 0 Å². The molecule has 11 nitrogen and oxygen atoms in total. The lowest BCUT2D eigenvalue weighted by molar-refractivity contribution is -0.138. The van der Waals surface area contributed by atoms with Crippen LogP contribution in [-0.2, 0) is 16.0 Å². The maximum absolute atomic E-state index is 13.5. The van der Waals surface area contributed by atoms with Crippen molar-refractivity contribution in [2.75, 3.05) is 6.67 Å². The Hall–Kier alpha value is -4.77. The summed E-state index contributed by atoms with van der Waals surface area (Å²) in [7, 11) is 0. The second kappa shape index (κ2) is 12.4. The van der Waals surface area contributed by atoms with Crippen LogP contribution in [0.5, 0.6) is 0 Å².